The molecule has 1 aromatic heterocycles. The molecule has 0 radical (unpaired) electrons. The molecular formula is C11H19N3O3S. The molecule has 0 aliphatic carbocycles. The molecule has 0 unspecified atom stereocenters. The van der Waals surface area contributed by atoms with Gasteiger partial charge in [-0.2, -0.15) is 0 Å². The standard InChI is InChI=1S/C11H19N3O3S/c1-12-11(13-6-4-8-18(2,15)16)14-9-10-5-3-7-17-10/h3,5,7H,4,6,8-9H2,1-2H3,(H2,12,13,14). The second-order valence-corrected chi connectivity index (χ2v) is 6.18. The highest BCUT2D eigenvalue weighted by Gasteiger charge is 2.03. The Morgan fingerprint density at radius 1 is 1.44 bits per heavy atom. The predicted molar refractivity (Wildman–Crippen MR) is 71.2 cm³/mol. The van der Waals surface area contributed by atoms with Crippen molar-refractivity contribution in [3.05, 3.63) is 24.2 Å². The normalized spacial score (nSPS) is 12.4. The van der Waals surface area contributed by atoms with Crippen LogP contribution in [0.25, 0.3) is 0 Å². The van der Waals surface area contributed by atoms with Crippen LogP contribution in [-0.2, 0) is 16.4 Å². The van der Waals surface area contributed by atoms with E-state index in [2.05, 4.69) is 15.6 Å². The van der Waals surface area contributed by atoms with Crippen LogP contribution in [0.2, 0.25) is 0 Å². The Kier molecular flexibility index (Phi) is 5.70. The minimum atomic E-state index is -2.89. The van der Waals surface area contributed by atoms with E-state index < -0.39 is 9.84 Å². The average molecular weight is 273 g/mol. The number of nitrogens with one attached hydrogen (secondary N) is 2. The minimum Gasteiger partial charge on any atom is -0.467 e. The van der Waals surface area contributed by atoms with Crippen molar-refractivity contribution in [2.45, 2.75) is 13.0 Å². The first-order valence-electron chi connectivity index (χ1n) is 5.66. The number of guanidine groups is 1. The van der Waals surface area contributed by atoms with Crippen molar-refractivity contribution in [1.82, 2.24) is 10.6 Å². The number of aliphatic imine (C=N–C) groups is 1. The fourth-order valence-corrected chi connectivity index (χ4v) is 2.01. The first kappa shape index (κ1) is 14.6. The van der Waals surface area contributed by atoms with Gasteiger partial charge in [0.2, 0.25) is 0 Å². The van der Waals surface area contributed by atoms with Crippen molar-refractivity contribution in [2.24, 2.45) is 4.99 Å². The molecule has 0 atom stereocenters. The Morgan fingerprint density at radius 3 is 2.78 bits per heavy atom. The molecule has 0 bridgehead atoms. The lowest BCUT2D eigenvalue weighted by Crippen LogP contribution is -2.37. The van der Waals surface area contributed by atoms with Crippen LogP contribution in [0.1, 0.15) is 12.2 Å². The predicted octanol–water partition coefficient (Wildman–Crippen LogP) is 0.379. The molecule has 0 amide bonds. The molecular weight excluding hydrogens is 254 g/mol. The summed E-state index contributed by atoms with van der Waals surface area (Å²) in [5, 5.41) is 6.10. The van der Waals surface area contributed by atoms with Gasteiger partial charge in [-0.15, -0.1) is 0 Å². The van der Waals surface area contributed by atoms with Gasteiger partial charge in [-0.3, -0.25) is 4.99 Å². The third-order valence-corrected chi connectivity index (χ3v) is 3.25. The first-order chi connectivity index (χ1) is 8.51. The van der Waals surface area contributed by atoms with E-state index >= 15 is 0 Å². The van der Waals surface area contributed by atoms with Crippen LogP contribution in [0.4, 0.5) is 0 Å². The maximum atomic E-state index is 10.9. The highest BCUT2D eigenvalue weighted by Crippen LogP contribution is 1.98. The Labute approximate surface area is 107 Å². The quantitative estimate of drug-likeness (QED) is 0.445. The number of hydrogen-bond acceptors (Lipinski definition) is 4. The van der Waals surface area contributed by atoms with Gasteiger partial charge in [-0.05, 0) is 18.6 Å². The van der Waals surface area contributed by atoms with Crippen LogP contribution in [0.5, 0.6) is 0 Å². The Hall–Kier alpha value is -1.50. The molecule has 0 aliphatic rings. The van der Waals surface area contributed by atoms with Gasteiger partial charge in [0, 0.05) is 19.8 Å². The largest absolute Gasteiger partial charge is 0.467 e. The van der Waals surface area contributed by atoms with Crippen molar-refractivity contribution < 1.29 is 12.8 Å². The summed E-state index contributed by atoms with van der Waals surface area (Å²) < 4.78 is 27.1. The van der Waals surface area contributed by atoms with E-state index in [9.17, 15) is 8.42 Å². The fourth-order valence-electron chi connectivity index (χ4n) is 1.35. The zero-order valence-corrected chi connectivity index (χ0v) is 11.5. The molecule has 18 heavy (non-hydrogen) atoms. The summed E-state index contributed by atoms with van der Waals surface area (Å²) in [6, 6.07) is 3.68. The van der Waals surface area contributed by atoms with Gasteiger partial charge in [0.05, 0.1) is 18.6 Å². The molecule has 1 aromatic rings. The summed E-state index contributed by atoms with van der Waals surface area (Å²) in [4.78, 5) is 4.02. The van der Waals surface area contributed by atoms with Crippen LogP contribution in [-0.4, -0.2) is 40.0 Å². The smallest absolute Gasteiger partial charge is 0.191 e. The number of hydrogen-bond donors (Lipinski definition) is 2. The zero-order valence-electron chi connectivity index (χ0n) is 10.6. The van der Waals surface area contributed by atoms with Gasteiger partial charge >= 0.3 is 0 Å². The Balaban J connectivity index is 2.22. The molecule has 2 N–H and O–H groups in total. The van der Waals surface area contributed by atoms with E-state index in [1.807, 2.05) is 12.1 Å². The number of rotatable bonds is 6. The summed E-state index contributed by atoms with van der Waals surface area (Å²) in [5.74, 6) is 1.61. The van der Waals surface area contributed by atoms with Crippen LogP contribution < -0.4 is 10.6 Å². The molecule has 7 heteroatoms. The fraction of sp³-hybridized carbons (Fsp3) is 0.545. The Bertz CT molecular complexity index is 466. The second kappa shape index (κ2) is 7.05. The monoisotopic (exact) mass is 273 g/mol. The molecule has 0 spiro atoms. The lowest BCUT2D eigenvalue weighted by molar-refractivity contribution is 0.501. The number of sulfone groups is 1. The topological polar surface area (TPSA) is 83.7 Å². The molecule has 0 aromatic carbocycles. The van der Waals surface area contributed by atoms with E-state index in [4.69, 9.17) is 4.42 Å². The summed E-state index contributed by atoms with van der Waals surface area (Å²) in [7, 11) is -1.23. The molecule has 6 nitrogen and oxygen atoms in total. The van der Waals surface area contributed by atoms with Crippen molar-refractivity contribution in [3.63, 3.8) is 0 Å². The third kappa shape index (κ3) is 6.29. The van der Waals surface area contributed by atoms with Gasteiger partial charge in [-0.1, -0.05) is 0 Å². The second-order valence-electron chi connectivity index (χ2n) is 3.92. The van der Waals surface area contributed by atoms with Gasteiger partial charge < -0.3 is 15.1 Å². The highest BCUT2D eigenvalue weighted by atomic mass is 32.2. The van der Waals surface area contributed by atoms with Gasteiger partial charge in [-0.25, -0.2) is 8.42 Å². The molecule has 0 aliphatic heterocycles. The maximum Gasteiger partial charge on any atom is 0.191 e. The molecule has 0 fully saturated rings. The van der Waals surface area contributed by atoms with E-state index in [-0.39, 0.29) is 5.75 Å². The van der Waals surface area contributed by atoms with Crippen LogP contribution in [0.3, 0.4) is 0 Å². The summed E-state index contributed by atoms with van der Waals surface area (Å²) in [6.07, 6.45) is 3.40. The van der Waals surface area contributed by atoms with E-state index in [0.717, 1.165) is 5.76 Å². The molecule has 102 valence electrons. The van der Waals surface area contributed by atoms with Gasteiger partial charge in [0.25, 0.3) is 0 Å². The Morgan fingerprint density at radius 2 is 2.22 bits per heavy atom. The average Bonchev–Trinajstić information content (AvgIpc) is 2.79. The van der Waals surface area contributed by atoms with E-state index in [0.29, 0.717) is 25.5 Å². The first-order valence-corrected chi connectivity index (χ1v) is 7.72. The number of nitrogens with zero attached hydrogens (tertiary/aromatic N) is 1. The SMILES string of the molecule is CN=C(NCCCS(C)(=O)=O)NCc1ccco1. The van der Waals surface area contributed by atoms with Crippen molar-refractivity contribution in [3.8, 4) is 0 Å². The van der Waals surface area contributed by atoms with Gasteiger partial charge in [0.1, 0.15) is 15.6 Å². The molecule has 1 heterocycles. The summed E-state index contributed by atoms with van der Waals surface area (Å²) in [6.45, 7) is 1.10. The van der Waals surface area contributed by atoms with Gasteiger partial charge in [0.15, 0.2) is 5.96 Å². The van der Waals surface area contributed by atoms with E-state index in [1.54, 1.807) is 13.3 Å². The summed E-state index contributed by atoms with van der Waals surface area (Å²) >= 11 is 0. The molecule has 1 rings (SSSR count). The van der Waals surface area contributed by atoms with Crippen molar-refractivity contribution in [1.29, 1.82) is 0 Å². The lowest BCUT2D eigenvalue weighted by atomic mass is 10.4. The van der Waals surface area contributed by atoms with E-state index in [1.165, 1.54) is 6.26 Å². The summed E-state index contributed by atoms with van der Waals surface area (Å²) in [5.41, 5.74) is 0. The third-order valence-electron chi connectivity index (χ3n) is 2.22. The zero-order chi connectivity index (χ0) is 13.4. The van der Waals surface area contributed by atoms with Crippen LogP contribution in [0.15, 0.2) is 27.8 Å². The van der Waals surface area contributed by atoms with Crippen molar-refractivity contribution in [2.75, 3.05) is 25.6 Å². The van der Waals surface area contributed by atoms with Crippen molar-refractivity contribution >= 4 is 15.8 Å². The molecule has 0 saturated heterocycles. The number of furan rings is 1. The lowest BCUT2D eigenvalue weighted by Gasteiger charge is -2.10. The highest BCUT2D eigenvalue weighted by molar-refractivity contribution is 7.90. The van der Waals surface area contributed by atoms with Crippen LogP contribution in [0, 0.1) is 0 Å². The van der Waals surface area contributed by atoms with Crippen LogP contribution >= 0.6 is 0 Å². The maximum absolute atomic E-state index is 10.9. The minimum absolute atomic E-state index is 0.176. The molecule has 0 saturated carbocycles.